The molecule has 0 aliphatic heterocycles. The van der Waals surface area contributed by atoms with E-state index < -0.39 is 0 Å². The number of rotatable bonds is 8. The number of hydrogen-bond donors (Lipinski definition) is 2. The van der Waals surface area contributed by atoms with Crippen LogP contribution in [0.15, 0.2) is 30.3 Å². The van der Waals surface area contributed by atoms with E-state index in [1.165, 1.54) is 0 Å². The number of amides is 2. The summed E-state index contributed by atoms with van der Waals surface area (Å²) in [6.45, 7) is 3.58. The third-order valence-corrected chi connectivity index (χ3v) is 2.76. The van der Waals surface area contributed by atoms with Crippen LogP contribution in [0.25, 0.3) is 0 Å². The molecule has 0 saturated heterocycles. The Morgan fingerprint density at radius 1 is 1.15 bits per heavy atom. The highest BCUT2D eigenvalue weighted by Crippen LogP contribution is 2.05. The van der Waals surface area contributed by atoms with Crippen molar-refractivity contribution in [2.45, 2.75) is 19.8 Å². The van der Waals surface area contributed by atoms with Crippen molar-refractivity contribution in [2.75, 3.05) is 32.0 Å². The summed E-state index contributed by atoms with van der Waals surface area (Å²) in [6, 6.07) is 9.34. The molecule has 0 heterocycles. The van der Waals surface area contributed by atoms with Gasteiger partial charge in [-0.3, -0.25) is 14.5 Å². The van der Waals surface area contributed by atoms with E-state index in [1.807, 2.05) is 49.2 Å². The van der Waals surface area contributed by atoms with Crippen molar-refractivity contribution in [3.05, 3.63) is 30.3 Å². The van der Waals surface area contributed by atoms with Crippen LogP contribution >= 0.6 is 0 Å². The van der Waals surface area contributed by atoms with Gasteiger partial charge < -0.3 is 10.6 Å². The molecule has 2 amide bonds. The minimum atomic E-state index is -0.0444. The number of hydrogen-bond acceptors (Lipinski definition) is 3. The summed E-state index contributed by atoms with van der Waals surface area (Å²) in [5.74, 6) is -0.0465. The average molecular weight is 277 g/mol. The van der Waals surface area contributed by atoms with Crippen LogP contribution < -0.4 is 10.6 Å². The van der Waals surface area contributed by atoms with Crippen molar-refractivity contribution in [3.8, 4) is 0 Å². The Bertz CT molecular complexity index is 420. The van der Waals surface area contributed by atoms with Crippen LogP contribution in [-0.4, -0.2) is 43.4 Å². The van der Waals surface area contributed by atoms with E-state index in [4.69, 9.17) is 0 Å². The van der Waals surface area contributed by atoms with Gasteiger partial charge in [0.1, 0.15) is 0 Å². The summed E-state index contributed by atoms with van der Waals surface area (Å²) in [5.41, 5.74) is 0.792. The standard InChI is InChI=1S/C15H23N3O2/c1-3-10-16-15(20)12-18(2)11-9-14(19)17-13-7-5-4-6-8-13/h4-8H,3,9-12H2,1-2H3,(H,16,20)(H,17,19). The molecular weight excluding hydrogens is 254 g/mol. The summed E-state index contributed by atoms with van der Waals surface area (Å²) in [6.07, 6.45) is 1.29. The second kappa shape index (κ2) is 9.09. The first-order valence-corrected chi connectivity index (χ1v) is 6.92. The lowest BCUT2D eigenvalue weighted by Gasteiger charge is -2.15. The van der Waals surface area contributed by atoms with Gasteiger partial charge in [0.2, 0.25) is 11.8 Å². The fraction of sp³-hybridized carbons (Fsp3) is 0.467. The quantitative estimate of drug-likeness (QED) is 0.756. The maximum atomic E-state index is 11.7. The number of nitrogens with zero attached hydrogens (tertiary/aromatic N) is 1. The van der Waals surface area contributed by atoms with Crippen molar-refractivity contribution in [3.63, 3.8) is 0 Å². The van der Waals surface area contributed by atoms with Crippen LogP contribution in [0.3, 0.4) is 0 Å². The van der Waals surface area contributed by atoms with E-state index in [1.54, 1.807) is 0 Å². The van der Waals surface area contributed by atoms with Crippen LogP contribution in [0.1, 0.15) is 19.8 Å². The molecule has 110 valence electrons. The Balaban J connectivity index is 2.21. The molecule has 2 N–H and O–H groups in total. The molecule has 0 fully saturated rings. The maximum absolute atomic E-state index is 11.7. The van der Waals surface area contributed by atoms with Crippen molar-refractivity contribution in [1.29, 1.82) is 0 Å². The highest BCUT2D eigenvalue weighted by atomic mass is 16.2. The highest BCUT2D eigenvalue weighted by molar-refractivity contribution is 5.90. The minimum absolute atomic E-state index is 0.00202. The van der Waals surface area contributed by atoms with Gasteiger partial charge in [-0.25, -0.2) is 0 Å². The predicted molar refractivity (Wildman–Crippen MR) is 80.5 cm³/mol. The Morgan fingerprint density at radius 3 is 2.50 bits per heavy atom. The number of benzene rings is 1. The van der Waals surface area contributed by atoms with Crippen LogP contribution in [0.4, 0.5) is 5.69 Å². The average Bonchev–Trinajstić information content (AvgIpc) is 2.44. The van der Waals surface area contributed by atoms with Crippen LogP contribution in [0.5, 0.6) is 0 Å². The number of carbonyl (C=O) groups excluding carboxylic acids is 2. The van der Waals surface area contributed by atoms with Gasteiger partial charge in [-0.2, -0.15) is 0 Å². The van der Waals surface area contributed by atoms with Crippen LogP contribution in [0.2, 0.25) is 0 Å². The van der Waals surface area contributed by atoms with Crippen molar-refractivity contribution < 1.29 is 9.59 Å². The number of para-hydroxylation sites is 1. The van der Waals surface area contributed by atoms with Gasteiger partial charge in [-0.1, -0.05) is 25.1 Å². The monoisotopic (exact) mass is 277 g/mol. The maximum Gasteiger partial charge on any atom is 0.234 e. The Hall–Kier alpha value is -1.88. The molecule has 20 heavy (non-hydrogen) atoms. The van der Waals surface area contributed by atoms with Gasteiger partial charge >= 0.3 is 0 Å². The van der Waals surface area contributed by atoms with Gasteiger partial charge in [0, 0.05) is 25.2 Å². The molecule has 0 unspecified atom stereocenters. The molecule has 5 nitrogen and oxygen atoms in total. The summed E-state index contributed by atoms with van der Waals surface area (Å²) in [5, 5.41) is 5.63. The summed E-state index contributed by atoms with van der Waals surface area (Å²) < 4.78 is 0. The zero-order valence-corrected chi connectivity index (χ0v) is 12.2. The van der Waals surface area contributed by atoms with E-state index in [0.717, 1.165) is 12.1 Å². The fourth-order valence-corrected chi connectivity index (χ4v) is 1.68. The minimum Gasteiger partial charge on any atom is -0.355 e. The van der Waals surface area contributed by atoms with Crippen LogP contribution in [0, 0.1) is 0 Å². The van der Waals surface area contributed by atoms with E-state index >= 15 is 0 Å². The first-order valence-electron chi connectivity index (χ1n) is 6.92. The molecule has 0 saturated carbocycles. The number of carbonyl (C=O) groups is 2. The first kappa shape index (κ1) is 16.2. The molecule has 0 aliphatic rings. The molecule has 1 aromatic carbocycles. The Morgan fingerprint density at radius 2 is 1.85 bits per heavy atom. The van der Waals surface area contributed by atoms with Crippen molar-refractivity contribution in [1.82, 2.24) is 10.2 Å². The van der Waals surface area contributed by atoms with Gasteiger partial charge in [0.05, 0.1) is 6.54 Å². The van der Waals surface area contributed by atoms with Gasteiger partial charge in [0.25, 0.3) is 0 Å². The molecule has 0 radical (unpaired) electrons. The summed E-state index contributed by atoms with van der Waals surface area (Å²) in [4.78, 5) is 25.1. The second-order valence-electron chi connectivity index (χ2n) is 4.75. The number of likely N-dealkylation sites (N-methyl/N-ethyl adjacent to an activating group) is 1. The normalized spacial score (nSPS) is 10.3. The highest BCUT2D eigenvalue weighted by Gasteiger charge is 2.08. The molecule has 0 aromatic heterocycles. The number of nitrogens with one attached hydrogen (secondary N) is 2. The lowest BCUT2D eigenvalue weighted by molar-refractivity contribution is -0.122. The Labute approximate surface area is 120 Å². The molecule has 5 heteroatoms. The lowest BCUT2D eigenvalue weighted by Crippen LogP contribution is -2.36. The molecule has 0 spiro atoms. The molecule has 0 bridgehead atoms. The first-order chi connectivity index (χ1) is 9.61. The van der Waals surface area contributed by atoms with E-state index in [-0.39, 0.29) is 11.8 Å². The summed E-state index contributed by atoms with van der Waals surface area (Å²) >= 11 is 0. The zero-order chi connectivity index (χ0) is 14.8. The van der Waals surface area contributed by atoms with E-state index in [2.05, 4.69) is 10.6 Å². The third kappa shape index (κ3) is 6.89. The van der Waals surface area contributed by atoms with E-state index in [9.17, 15) is 9.59 Å². The number of anilines is 1. The molecular formula is C15H23N3O2. The van der Waals surface area contributed by atoms with E-state index in [0.29, 0.717) is 26.1 Å². The molecule has 1 rings (SSSR count). The van der Waals surface area contributed by atoms with Crippen LogP contribution in [-0.2, 0) is 9.59 Å². The lowest BCUT2D eigenvalue weighted by atomic mass is 10.3. The summed E-state index contributed by atoms with van der Waals surface area (Å²) in [7, 11) is 1.83. The molecule has 1 aromatic rings. The second-order valence-corrected chi connectivity index (χ2v) is 4.75. The third-order valence-electron chi connectivity index (χ3n) is 2.76. The zero-order valence-electron chi connectivity index (χ0n) is 12.2. The molecule has 0 atom stereocenters. The smallest absolute Gasteiger partial charge is 0.234 e. The van der Waals surface area contributed by atoms with Gasteiger partial charge in [-0.05, 0) is 25.6 Å². The fourth-order valence-electron chi connectivity index (χ4n) is 1.68. The van der Waals surface area contributed by atoms with Gasteiger partial charge in [-0.15, -0.1) is 0 Å². The topological polar surface area (TPSA) is 61.4 Å². The van der Waals surface area contributed by atoms with Crippen molar-refractivity contribution in [2.24, 2.45) is 0 Å². The Kier molecular flexibility index (Phi) is 7.35. The SMILES string of the molecule is CCCNC(=O)CN(C)CCC(=O)Nc1ccccc1. The van der Waals surface area contributed by atoms with Crippen molar-refractivity contribution >= 4 is 17.5 Å². The largest absolute Gasteiger partial charge is 0.355 e. The molecule has 0 aliphatic carbocycles. The predicted octanol–water partition coefficient (Wildman–Crippen LogP) is 1.47. The van der Waals surface area contributed by atoms with Gasteiger partial charge in [0.15, 0.2) is 0 Å².